The maximum Gasteiger partial charge on any atom is 0.339 e. The third kappa shape index (κ3) is 4.79. The van der Waals surface area contributed by atoms with E-state index < -0.39 is 11.4 Å². The van der Waals surface area contributed by atoms with Gasteiger partial charge in [-0.05, 0) is 49.1 Å². The number of methoxy groups -OCH3 is 1. The lowest BCUT2D eigenvalue weighted by atomic mass is 9.93. The molecule has 0 fully saturated rings. The van der Waals surface area contributed by atoms with Gasteiger partial charge in [-0.25, -0.2) is 9.18 Å². The van der Waals surface area contributed by atoms with Crippen LogP contribution in [0.25, 0.3) is 22.1 Å². The van der Waals surface area contributed by atoms with Crippen molar-refractivity contribution < 1.29 is 18.3 Å². The van der Waals surface area contributed by atoms with Crippen LogP contribution in [0.4, 0.5) is 4.39 Å². The summed E-state index contributed by atoms with van der Waals surface area (Å²) in [5, 5.41) is 0.240. The predicted molar refractivity (Wildman–Crippen MR) is 137 cm³/mol. The van der Waals surface area contributed by atoms with Crippen molar-refractivity contribution in [3.63, 3.8) is 0 Å². The van der Waals surface area contributed by atoms with E-state index >= 15 is 0 Å². The van der Waals surface area contributed by atoms with Crippen LogP contribution in [-0.2, 0) is 28.9 Å². The fraction of sp³-hybridized carbons (Fsp3) is 0.276. The number of halogens is 1. The van der Waals surface area contributed by atoms with Crippen molar-refractivity contribution >= 4 is 16.8 Å². The van der Waals surface area contributed by atoms with Crippen molar-refractivity contribution in [1.82, 2.24) is 4.57 Å². The van der Waals surface area contributed by atoms with Crippen LogP contribution >= 0.6 is 0 Å². The second kappa shape index (κ2) is 10.4. The minimum atomic E-state index is -0.580. The van der Waals surface area contributed by atoms with E-state index in [0.717, 1.165) is 5.56 Å². The van der Waals surface area contributed by atoms with Gasteiger partial charge in [0, 0.05) is 43.3 Å². The second-order valence-electron chi connectivity index (χ2n) is 8.95. The van der Waals surface area contributed by atoms with Crippen molar-refractivity contribution in [3.05, 3.63) is 103 Å². The molecule has 0 N–H and O–H groups in total. The molecule has 0 aliphatic carbocycles. The van der Waals surface area contributed by atoms with E-state index in [0.29, 0.717) is 34.6 Å². The van der Waals surface area contributed by atoms with Crippen LogP contribution in [0.3, 0.4) is 0 Å². The highest BCUT2D eigenvalue weighted by Crippen LogP contribution is 2.33. The maximum absolute atomic E-state index is 14.6. The van der Waals surface area contributed by atoms with Gasteiger partial charge in [-0.1, -0.05) is 42.5 Å². The molecule has 0 unspecified atom stereocenters. The first kappa shape index (κ1) is 25.3. The van der Waals surface area contributed by atoms with Gasteiger partial charge in [-0.3, -0.25) is 9.59 Å². The second-order valence-corrected chi connectivity index (χ2v) is 8.95. The first-order valence-corrected chi connectivity index (χ1v) is 11.7. The zero-order valence-corrected chi connectivity index (χ0v) is 20.8. The van der Waals surface area contributed by atoms with Crippen LogP contribution in [0.1, 0.15) is 34.9 Å². The van der Waals surface area contributed by atoms with Gasteiger partial charge >= 0.3 is 5.63 Å². The SMILES string of the molecule is COCCn1c(C)c(-c2cccc(CC(C)=O)c2)c2oc(=O)c(C)c(Cc3ccccc3F)c2c1=O. The Bertz CT molecular complexity index is 1580. The number of carbonyl (C=O) groups excluding carboxylic acids is 1. The number of ether oxygens (including phenoxy) is 1. The molecule has 4 rings (SSSR count). The molecule has 0 aliphatic rings. The number of fused-ring (bicyclic) bond motifs is 1. The fourth-order valence-electron chi connectivity index (χ4n) is 4.63. The molecule has 0 amide bonds. The summed E-state index contributed by atoms with van der Waals surface area (Å²) in [4.78, 5) is 38.5. The van der Waals surface area contributed by atoms with Crippen molar-refractivity contribution in [1.29, 1.82) is 0 Å². The molecule has 186 valence electrons. The smallest absolute Gasteiger partial charge is 0.339 e. The Kier molecular flexibility index (Phi) is 7.31. The van der Waals surface area contributed by atoms with Gasteiger partial charge in [-0.2, -0.15) is 0 Å². The first-order valence-electron chi connectivity index (χ1n) is 11.7. The molecule has 36 heavy (non-hydrogen) atoms. The quantitative estimate of drug-likeness (QED) is 0.357. The lowest BCUT2D eigenvalue weighted by Gasteiger charge is -2.19. The van der Waals surface area contributed by atoms with Gasteiger partial charge in [0.1, 0.15) is 11.6 Å². The number of ketones is 1. The standard InChI is InChI=1S/C29H28FNO5/c1-17(32)14-20-8-7-10-22(15-20)25-19(3)31(12-13-35-4)28(33)26-23(18(2)29(34)36-27(25)26)16-21-9-5-6-11-24(21)30/h5-11,15H,12-14,16H2,1-4H3. The first-order chi connectivity index (χ1) is 17.2. The van der Waals surface area contributed by atoms with E-state index in [9.17, 15) is 18.8 Å². The molecule has 0 radical (unpaired) electrons. The Morgan fingerprint density at radius 2 is 1.83 bits per heavy atom. The Morgan fingerprint density at radius 3 is 2.53 bits per heavy atom. The van der Waals surface area contributed by atoms with Crippen molar-refractivity contribution in [3.8, 4) is 11.1 Å². The molecule has 0 bridgehead atoms. The number of carbonyl (C=O) groups is 1. The molecule has 4 aromatic rings. The van der Waals surface area contributed by atoms with Crippen LogP contribution in [0.5, 0.6) is 0 Å². The minimum Gasteiger partial charge on any atom is -0.422 e. The topological polar surface area (TPSA) is 78.5 Å². The molecule has 0 spiro atoms. The van der Waals surface area contributed by atoms with E-state index in [1.165, 1.54) is 13.0 Å². The molecule has 0 aliphatic heterocycles. The molecular formula is C29H28FNO5. The zero-order chi connectivity index (χ0) is 26.0. The van der Waals surface area contributed by atoms with Crippen molar-refractivity contribution in [2.24, 2.45) is 0 Å². The van der Waals surface area contributed by atoms with Crippen LogP contribution < -0.4 is 11.2 Å². The highest BCUT2D eigenvalue weighted by molar-refractivity contribution is 5.95. The number of nitrogens with zero attached hydrogens (tertiary/aromatic N) is 1. The van der Waals surface area contributed by atoms with Gasteiger partial charge in [0.15, 0.2) is 5.58 Å². The van der Waals surface area contributed by atoms with Crippen LogP contribution in [0.15, 0.2) is 62.5 Å². The lowest BCUT2D eigenvalue weighted by molar-refractivity contribution is -0.116. The van der Waals surface area contributed by atoms with E-state index in [4.69, 9.17) is 9.15 Å². The fourth-order valence-corrected chi connectivity index (χ4v) is 4.63. The van der Waals surface area contributed by atoms with Crippen LogP contribution in [-0.4, -0.2) is 24.1 Å². The van der Waals surface area contributed by atoms with Gasteiger partial charge in [-0.15, -0.1) is 0 Å². The molecular weight excluding hydrogens is 461 g/mol. The molecule has 0 saturated carbocycles. The molecule has 7 heteroatoms. The predicted octanol–water partition coefficient (Wildman–Crippen LogP) is 4.75. The summed E-state index contributed by atoms with van der Waals surface area (Å²) in [7, 11) is 1.56. The maximum atomic E-state index is 14.6. The number of Topliss-reactive ketones (excluding diaryl/α,β-unsaturated/α-hetero) is 1. The Labute approximate surface area is 208 Å². The summed E-state index contributed by atoms with van der Waals surface area (Å²) in [5.41, 5.74) is 3.03. The van der Waals surface area contributed by atoms with E-state index in [-0.39, 0.29) is 47.3 Å². The van der Waals surface area contributed by atoms with Gasteiger partial charge in [0.25, 0.3) is 5.56 Å². The Hall–Kier alpha value is -3.84. The summed E-state index contributed by atoms with van der Waals surface area (Å²) in [6.07, 6.45) is 0.322. The molecule has 2 aromatic carbocycles. The molecule has 0 saturated heterocycles. The van der Waals surface area contributed by atoms with Gasteiger partial charge < -0.3 is 13.7 Å². The summed E-state index contributed by atoms with van der Waals surface area (Å²) in [6.45, 7) is 5.49. The molecule has 2 aromatic heterocycles. The average Bonchev–Trinajstić information content (AvgIpc) is 2.83. The number of pyridine rings is 1. The lowest BCUT2D eigenvalue weighted by Crippen LogP contribution is -2.27. The third-order valence-electron chi connectivity index (χ3n) is 6.45. The number of aromatic nitrogens is 1. The monoisotopic (exact) mass is 489 g/mol. The normalized spacial score (nSPS) is 11.2. The molecule has 6 nitrogen and oxygen atoms in total. The molecule has 2 heterocycles. The number of hydrogen-bond donors (Lipinski definition) is 0. The summed E-state index contributed by atoms with van der Waals surface area (Å²) < 4.78 is 27.2. The number of hydrogen-bond acceptors (Lipinski definition) is 5. The summed E-state index contributed by atoms with van der Waals surface area (Å²) >= 11 is 0. The van der Waals surface area contributed by atoms with Crippen molar-refractivity contribution in [2.45, 2.75) is 40.2 Å². The third-order valence-corrected chi connectivity index (χ3v) is 6.45. The van der Waals surface area contributed by atoms with Crippen LogP contribution in [0.2, 0.25) is 0 Å². The molecule has 0 atom stereocenters. The van der Waals surface area contributed by atoms with E-state index in [1.54, 1.807) is 43.7 Å². The number of benzene rings is 2. The van der Waals surface area contributed by atoms with E-state index in [1.807, 2.05) is 24.3 Å². The van der Waals surface area contributed by atoms with E-state index in [2.05, 4.69) is 0 Å². The summed E-state index contributed by atoms with van der Waals surface area (Å²) in [5.74, 6) is -0.393. The van der Waals surface area contributed by atoms with Gasteiger partial charge in [0.05, 0.1) is 12.0 Å². The Morgan fingerprint density at radius 1 is 1.08 bits per heavy atom. The largest absolute Gasteiger partial charge is 0.422 e. The minimum absolute atomic E-state index is 0.0214. The summed E-state index contributed by atoms with van der Waals surface area (Å²) in [6, 6.07) is 13.7. The Balaban J connectivity index is 2.10. The van der Waals surface area contributed by atoms with Crippen molar-refractivity contribution in [2.75, 3.05) is 13.7 Å². The highest BCUT2D eigenvalue weighted by Gasteiger charge is 2.23. The van der Waals surface area contributed by atoms with Gasteiger partial charge in [0.2, 0.25) is 0 Å². The average molecular weight is 490 g/mol. The van der Waals surface area contributed by atoms with Crippen LogP contribution in [0, 0.1) is 19.7 Å². The highest BCUT2D eigenvalue weighted by atomic mass is 19.1. The number of rotatable bonds is 8. The zero-order valence-electron chi connectivity index (χ0n) is 20.8.